The molecule has 2 nitrogen and oxygen atoms in total. The molecule has 0 N–H and O–H groups in total. The molecule has 134 valence electrons. The summed E-state index contributed by atoms with van der Waals surface area (Å²) < 4.78 is 0. The first-order valence-corrected chi connectivity index (χ1v) is 9.42. The number of carbonyl (C=O) groups is 2. The average Bonchev–Trinajstić information content (AvgIpc) is 2.78. The number of fused-ring (bicyclic) bond motifs is 1. The van der Waals surface area contributed by atoms with E-state index in [0.717, 1.165) is 11.1 Å². The van der Waals surface area contributed by atoms with Gasteiger partial charge in [0, 0.05) is 27.7 Å². The van der Waals surface area contributed by atoms with Crippen molar-refractivity contribution >= 4 is 11.6 Å². The zero-order valence-electron chi connectivity index (χ0n) is 15.3. The summed E-state index contributed by atoms with van der Waals surface area (Å²) in [7, 11) is 0. The second kappa shape index (κ2) is 6.28. The number of rotatable bonds is 2. The first-order valence-electron chi connectivity index (χ1n) is 9.42. The fourth-order valence-corrected chi connectivity index (χ4v) is 4.40. The minimum Gasteiger partial charge on any atom is -0.289 e. The molecule has 0 amide bonds. The molecule has 3 aromatic carbocycles. The van der Waals surface area contributed by atoms with Crippen LogP contribution < -0.4 is 0 Å². The van der Waals surface area contributed by atoms with Gasteiger partial charge in [0.05, 0.1) is 0 Å². The molecule has 0 spiro atoms. The van der Waals surface area contributed by atoms with E-state index in [9.17, 15) is 9.59 Å². The molecule has 0 bridgehead atoms. The van der Waals surface area contributed by atoms with Gasteiger partial charge in [-0.15, -0.1) is 0 Å². The predicted octanol–water partition coefficient (Wildman–Crippen LogP) is 5.31. The molecule has 0 heterocycles. The van der Waals surface area contributed by atoms with Crippen LogP contribution in [0.2, 0.25) is 0 Å². The zero-order chi connectivity index (χ0) is 19.1. The summed E-state index contributed by atoms with van der Waals surface area (Å²) in [5.41, 5.74) is 3.92. The van der Waals surface area contributed by atoms with E-state index in [-0.39, 0.29) is 11.6 Å². The number of benzene rings is 3. The first kappa shape index (κ1) is 16.6. The summed E-state index contributed by atoms with van der Waals surface area (Å²) in [5, 5.41) is 0. The molecule has 2 aliphatic carbocycles. The van der Waals surface area contributed by atoms with Crippen LogP contribution in [0, 0.1) is 0 Å². The van der Waals surface area contributed by atoms with Crippen LogP contribution in [0.3, 0.4) is 0 Å². The molecule has 0 fully saturated rings. The fraction of sp³-hybridized carbons (Fsp3) is 0.0769. The molecular formula is C26H18O2. The maximum Gasteiger partial charge on any atom is 0.194 e. The molecule has 2 aliphatic rings. The highest BCUT2D eigenvalue weighted by atomic mass is 16.1. The van der Waals surface area contributed by atoms with Gasteiger partial charge in [-0.3, -0.25) is 9.59 Å². The van der Waals surface area contributed by atoms with Crippen molar-refractivity contribution in [3.05, 3.63) is 130 Å². The normalized spacial score (nSPS) is 17.3. The van der Waals surface area contributed by atoms with Crippen molar-refractivity contribution in [3.63, 3.8) is 0 Å². The quantitative estimate of drug-likeness (QED) is 0.619. The largest absolute Gasteiger partial charge is 0.289 e. The summed E-state index contributed by atoms with van der Waals surface area (Å²) >= 11 is 0. The highest BCUT2D eigenvalue weighted by Crippen LogP contribution is 2.45. The Morgan fingerprint density at radius 2 is 1.11 bits per heavy atom. The zero-order valence-corrected chi connectivity index (χ0v) is 15.3. The van der Waals surface area contributed by atoms with E-state index in [0.29, 0.717) is 28.7 Å². The molecule has 28 heavy (non-hydrogen) atoms. The van der Waals surface area contributed by atoms with Gasteiger partial charge in [0.1, 0.15) is 0 Å². The molecule has 0 aliphatic heterocycles. The number of ketones is 2. The van der Waals surface area contributed by atoms with Crippen molar-refractivity contribution in [2.75, 3.05) is 0 Å². The topological polar surface area (TPSA) is 34.1 Å². The SMILES string of the molecule is O=C1C2=C(CC(c3ccccc3)(c3ccccc3)C=C2)C(=O)c2ccccc21. The molecule has 0 atom stereocenters. The van der Waals surface area contributed by atoms with E-state index in [1.807, 2.05) is 48.5 Å². The second-order valence-electron chi connectivity index (χ2n) is 7.31. The van der Waals surface area contributed by atoms with E-state index in [4.69, 9.17) is 0 Å². The minimum atomic E-state index is -0.469. The summed E-state index contributed by atoms with van der Waals surface area (Å²) in [6.45, 7) is 0. The summed E-state index contributed by atoms with van der Waals surface area (Å²) in [6.07, 6.45) is 4.43. The number of hydrogen-bond acceptors (Lipinski definition) is 2. The van der Waals surface area contributed by atoms with E-state index in [1.165, 1.54) is 0 Å². The van der Waals surface area contributed by atoms with Crippen molar-refractivity contribution in [1.82, 2.24) is 0 Å². The molecular weight excluding hydrogens is 344 g/mol. The third-order valence-corrected chi connectivity index (χ3v) is 5.83. The Kier molecular flexibility index (Phi) is 3.73. The number of hydrogen-bond donors (Lipinski definition) is 0. The molecule has 2 heteroatoms. The smallest absolute Gasteiger partial charge is 0.194 e. The molecule has 0 saturated carbocycles. The minimum absolute atomic E-state index is 0.0363. The highest BCUT2D eigenvalue weighted by Gasteiger charge is 2.41. The molecule has 0 radical (unpaired) electrons. The molecule has 0 saturated heterocycles. The van der Waals surface area contributed by atoms with E-state index in [1.54, 1.807) is 18.2 Å². The van der Waals surface area contributed by atoms with Crippen LogP contribution in [0.4, 0.5) is 0 Å². The van der Waals surface area contributed by atoms with E-state index in [2.05, 4.69) is 30.3 Å². The lowest BCUT2D eigenvalue weighted by molar-refractivity contribution is 0.0971. The highest BCUT2D eigenvalue weighted by molar-refractivity contribution is 6.28. The summed E-state index contributed by atoms with van der Waals surface area (Å²) in [5.74, 6) is -0.0954. The van der Waals surface area contributed by atoms with Gasteiger partial charge in [-0.1, -0.05) is 97.1 Å². The van der Waals surface area contributed by atoms with Crippen LogP contribution in [0.15, 0.2) is 108 Å². The van der Waals surface area contributed by atoms with Gasteiger partial charge in [0.2, 0.25) is 0 Å². The van der Waals surface area contributed by atoms with E-state index < -0.39 is 5.41 Å². The number of carbonyl (C=O) groups excluding carboxylic acids is 2. The third-order valence-electron chi connectivity index (χ3n) is 5.83. The maximum atomic E-state index is 13.3. The predicted molar refractivity (Wildman–Crippen MR) is 110 cm³/mol. The fourth-order valence-electron chi connectivity index (χ4n) is 4.40. The lowest BCUT2D eigenvalue weighted by atomic mass is 9.64. The Morgan fingerprint density at radius 1 is 0.607 bits per heavy atom. The Bertz CT molecular complexity index is 1110. The van der Waals surface area contributed by atoms with Crippen LogP contribution in [0.25, 0.3) is 0 Å². The Morgan fingerprint density at radius 3 is 1.68 bits per heavy atom. The monoisotopic (exact) mass is 362 g/mol. The van der Waals surface area contributed by atoms with Gasteiger partial charge in [-0.2, -0.15) is 0 Å². The van der Waals surface area contributed by atoms with Gasteiger partial charge in [0.25, 0.3) is 0 Å². The van der Waals surface area contributed by atoms with E-state index >= 15 is 0 Å². The van der Waals surface area contributed by atoms with Gasteiger partial charge in [-0.05, 0) is 17.5 Å². The molecule has 0 unspecified atom stereocenters. The van der Waals surface area contributed by atoms with Crippen LogP contribution in [0.1, 0.15) is 38.3 Å². The number of Topliss-reactive ketones (excluding diaryl/α,β-unsaturated/α-hetero) is 2. The maximum absolute atomic E-state index is 13.3. The van der Waals surface area contributed by atoms with Gasteiger partial charge in [0.15, 0.2) is 11.6 Å². The van der Waals surface area contributed by atoms with Crippen molar-refractivity contribution in [2.24, 2.45) is 0 Å². The Hall–Kier alpha value is -3.52. The Labute approximate surface area is 163 Å². The summed E-state index contributed by atoms with van der Waals surface area (Å²) in [6, 6.07) is 27.5. The van der Waals surface area contributed by atoms with Crippen molar-refractivity contribution in [3.8, 4) is 0 Å². The molecule has 3 aromatic rings. The third kappa shape index (κ3) is 2.35. The average molecular weight is 362 g/mol. The molecule has 5 rings (SSSR count). The standard InChI is InChI=1S/C26H18O2/c27-24-20-13-7-8-14-21(20)25(28)23-17-26(16-15-22(23)24,18-9-3-1-4-10-18)19-11-5-2-6-12-19/h1-16H,17H2. The lowest BCUT2D eigenvalue weighted by Crippen LogP contribution is -2.33. The van der Waals surface area contributed by atoms with Crippen LogP contribution >= 0.6 is 0 Å². The van der Waals surface area contributed by atoms with Crippen LogP contribution in [0.5, 0.6) is 0 Å². The van der Waals surface area contributed by atoms with Gasteiger partial charge in [-0.25, -0.2) is 0 Å². The number of allylic oxidation sites excluding steroid dienone is 4. The van der Waals surface area contributed by atoms with Crippen LogP contribution in [-0.4, -0.2) is 11.6 Å². The van der Waals surface area contributed by atoms with Crippen LogP contribution in [-0.2, 0) is 5.41 Å². The van der Waals surface area contributed by atoms with Gasteiger partial charge < -0.3 is 0 Å². The lowest BCUT2D eigenvalue weighted by Gasteiger charge is -2.37. The van der Waals surface area contributed by atoms with Crippen molar-refractivity contribution in [2.45, 2.75) is 11.8 Å². The molecule has 0 aromatic heterocycles. The Balaban J connectivity index is 1.70. The van der Waals surface area contributed by atoms with Crippen molar-refractivity contribution < 1.29 is 9.59 Å². The summed E-state index contributed by atoms with van der Waals surface area (Å²) in [4.78, 5) is 26.3. The first-order chi connectivity index (χ1) is 13.7. The second-order valence-corrected chi connectivity index (χ2v) is 7.31. The van der Waals surface area contributed by atoms with Crippen molar-refractivity contribution in [1.29, 1.82) is 0 Å². The van der Waals surface area contributed by atoms with Gasteiger partial charge >= 0.3 is 0 Å².